The molecule has 1 aromatic carbocycles. The van der Waals surface area contributed by atoms with Crippen LogP contribution in [0.4, 0.5) is 0 Å². The fourth-order valence-electron chi connectivity index (χ4n) is 4.33. The van der Waals surface area contributed by atoms with Crippen LogP contribution in [0, 0.1) is 5.92 Å². The van der Waals surface area contributed by atoms with E-state index in [0.29, 0.717) is 0 Å². The molecule has 25 heavy (non-hydrogen) atoms. The van der Waals surface area contributed by atoms with Gasteiger partial charge in [-0.2, -0.15) is 0 Å². The first-order chi connectivity index (χ1) is 12.3. The lowest BCUT2D eigenvalue weighted by molar-refractivity contribution is -0.121. The van der Waals surface area contributed by atoms with Crippen LogP contribution in [0.2, 0.25) is 0 Å². The molecule has 1 N–H and O–H groups in total. The number of rotatable bonds is 8. The van der Waals surface area contributed by atoms with Crippen LogP contribution >= 0.6 is 0 Å². The maximum absolute atomic E-state index is 12.0. The summed E-state index contributed by atoms with van der Waals surface area (Å²) in [6, 6.07) is 8.81. The van der Waals surface area contributed by atoms with E-state index in [9.17, 15) is 4.79 Å². The van der Waals surface area contributed by atoms with Gasteiger partial charge in [-0.1, -0.05) is 56.4 Å². The van der Waals surface area contributed by atoms with Crippen molar-refractivity contribution in [2.24, 2.45) is 5.92 Å². The summed E-state index contributed by atoms with van der Waals surface area (Å²) in [5, 5.41) is 3.12. The molecule has 1 fully saturated rings. The normalized spacial score (nSPS) is 18.7. The van der Waals surface area contributed by atoms with E-state index in [1.807, 2.05) is 0 Å². The van der Waals surface area contributed by atoms with Crippen molar-refractivity contribution in [3.63, 3.8) is 0 Å². The van der Waals surface area contributed by atoms with E-state index in [-0.39, 0.29) is 5.91 Å². The van der Waals surface area contributed by atoms with Crippen LogP contribution in [-0.2, 0) is 17.8 Å². The molecule has 3 heteroatoms. The highest BCUT2D eigenvalue weighted by atomic mass is 16.1. The molecule has 3 nitrogen and oxygen atoms in total. The van der Waals surface area contributed by atoms with E-state index < -0.39 is 0 Å². The third-order valence-corrected chi connectivity index (χ3v) is 5.94. The Kier molecular flexibility index (Phi) is 7.35. The Morgan fingerprint density at radius 2 is 1.88 bits per heavy atom. The van der Waals surface area contributed by atoms with Crippen molar-refractivity contribution in [2.75, 3.05) is 19.6 Å². The van der Waals surface area contributed by atoms with Crippen LogP contribution in [0.25, 0.3) is 0 Å². The van der Waals surface area contributed by atoms with Gasteiger partial charge in [0.05, 0.1) is 0 Å². The molecule has 1 aliphatic carbocycles. The SMILES string of the molecule is O=C(CCC1CCCCC1)NCCCCN1CCc2ccccc2C1. The van der Waals surface area contributed by atoms with E-state index in [2.05, 4.69) is 34.5 Å². The van der Waals surface area contributed by atoms with Crippen molar-refractivity contribution in [2.45, 2.75) is 70.8 Å². The minimum atomic E-state index is 0.262. The molecule has 1 aliphatic heterocycles. The van der Waals surface area contributed by atoms with Crippen molar-refractivity contribution in [3.8, 4) is 0 Å². The first-order valence-electron chi connectivity index (χ1n) is 10.4. The third kappa shape index (κ3) is 6.14. The molecular formula is C22H34N2O. The number of amides is 1. The Morgan fingerprint density at radius 1 is 1.08 bits per heavy atom. The molecule has 0 aromatic heterocycles. The lowest BCUT2D eigenvalue weighted by Gasteiger charge is -2.28. The highest BCUT2D eigenvalue weighted by Gasteiger charge is 2.16. The summed E-state index contributed by atoms with van der Waals surface area (Å²) in [7, 11) is 0. The lowest BCUT2D eigenvalue weighted by Crippen LogP contribution is -2.32. The van der Waals surface area contributed by atoms with Gasteiger partial charge in [-0.3, -0.25) is 9.69 Å². The average molecular weight is 343 g/mol. The van der Waals surface area contributed by atoms with E-state index >= 15 is 0 Å². The fraction of sp³-hybridized carbons (Fsp3) is 0.682. The molecule has 1 heterocycles. The van der Waals surface area contributed by atoms with Gasteiger partial charge in [0, 0.05) is 26.1 Å². The van der Waals surface area contributed by atoms with Crippen LogP contribution in [-0.4, -0.2) is 30.4 Å². The fourth-order valence-corrected chi connectivity index (χ4v) is 4.33. The molecular weight excluding hydrogens is 308 g/mol. The Balaban J connectivity index is 1.22. The summed E-state index contributed by atoms with van der Waals surface area (Å²) in [5.74, 6) is 1.07. The number of hydrogen-bond acceptors (Lipinski definition) is 2. The Labute approximate surface area is 153 Å². The topological polar surface area (TPSA) is 32.3 Å². The molecule has 0 bridgehead atoms. The minimum Gasteiger partial charge on any atom is -0.356 e. The zero-order chi connectivity index (χ0) is 17.3. The van der Waals surface area contributed by atoms with Crippen molar-refractivity contribution in [3.05, 3.63) is 35.4 Å². The number of fused-ring (bicyclic) bond motifs is 1. The van der Waals surface area contributed by atoms with E-state index in [1.165, 1.54) is 62.6 Å². The molecule has 0 saturated heterocycles. The summed E-state index contributed by atoms with van der Waals surface area (Å²) in [5.41, 5.74) is 3.01. The monoisotopic (exact) mass is 342 g/mol. The zero-order valence-corrected chi connectivity index (χ0v) is 15.6. The highest BCUT2D eigenvalue weighted by Crippen LogP contribution is 2.27. The first-order valence-corrected chi connectivity index (χ1v) is 10.4. The van der Waals surface area contributed by atoms with Gasteiger partial charge < -0.3 is 5.32 Å². The standard InChI is InChI=1S/C22H34N2O/c25-22(13-12-19-8-2-1-3-9-19)23-15-6-7-16-24-17-14-20-10-4-5-11-21(20)18-24/h4-5,10-11,19H,1-3,6-9,12-18H2,(H,23,25). The van der Waals surface area contributed by atoms with Crippen LogP contribution in [0.5, 0.6) is 0 Å². The maximum atomic E-state index is 12.0. The molecule has 1 aromatic rings. The van der Waals surface area contributed by atoms with Gasteiger partial charge in [0.25, 0.3) is 0 Å². The van der Waals surface area contributed by atoms with Gasteiger partial charge in [0.1, 0.15) is 0 Å². The van der Waals surface area contributed by atoms with Gasteiger partial charge in [-0.25, -0.2) is 0 Å². The summed E-state index contributed by atoms with van der Waals surface area (Å²) < 4.78 is 0. The van der Waals surface area contributed by atoms with Crippen molar-refractivity contribution >= 4 is 5.91 Å². The molecule has 138 valence electrons. The molecule has 2 aliphatic rings. The summed E-state index contributed by atoms with van der Waals surface area (Å²) in [6.07, 6.45) is 12.1. The van der Waals surface area contributed by atoms with Crippen molar-refractivity contribution in [1.82, 2.24) is 10.2 Å². The number of hydrogen-bond donors (Lipinski definition) is 1. The number of unbranched alkanes of at least 4 members (excludes halogenated alkanes) is 1. The van der Waals surface area contributed by atoms with Crippen LogP contribution in [0.1, 0.15) is 68.9 Å². The van der Waals surface area contributed by atoms with Crippen LogP contribution in [0.3, 0.4) is 0 Å². The van der Waals surface area contributed by atoms with E-state index in [0.717, 1.165) is 44.8 Å². The quantitative estimate of drug-likeness (QED) is 0.714. The molecule has 3 rings (SSSR count). The molecule has 0 atom stereocenters. The van der Waals surface area contributed by atoms with Gasteiger partial charge in [-0.15, -0.1) is 0 Å². The number of nitrogens with zero attached hydrogens (tertiary/aromatic N) is 1. The highest BCUT2D eigenvalue weighted by molar-refractivity contribution is 5.75. The number of benzene rings is 1. The number of carbonyl (C=O) groups excluding carboxylic acids is 1. The third-order valence-electron chi connectivity index (χ3n) is 5.94. The second kappa shape index (κ2) is 9.96. The van der Waals surface area contributed by atoms with Crippen LogP contribution in [0.15, 0.2) is 24.3 Å². The molecule has 0 unspecified atom stereocenters. The van der Waals surface area contributed by atoms with Gasteiger partial charge >= 0.3 is 0 Å². The summed E-state index contributed by atoms with van der Waals surface area (Å²) in [4.78, 5) is 14.5. The number of nitrogens with one attached hydrogen (secondary N) is 1. The molecule has 0 radical (unpaired) electrons. The Morgan fingerprint density at radius 3 is 2.72 bits per heavy atom. The summed E-state index contributed by atoms with van der Waals surface area (Å²) >= 11 is 0. The minimum absolute atomic E-state index is 0.262. The van der Waals surface area contributed by atoms with E-state index in [1.54, 1.807) is 0 Å². The molecule has 1 amide bonds. The Hall–Kier alpha value is -1.35. The Bertz CT molecular complexity index is 537. The van der Waals surface area contributed by atoms with Crippen molar-refractivity contribution < 1.29 is 4.79 Å². The molecule has 1 saturated carbocycles. The first kappa shape index (κ1) is 18.4. The van der Waals surface area contributed by atoms with Gasteiger partial charge in [0.15, 0.2) is 0 Å². The molecule has 0 spiro atoms. The van der Waals surface area contributed by atoms with E-state index in [4.69, 9.17) is 0 Å². The second-order valence-corrected chi connectivity index (χ2v) is 7.89. The zero-order valence-electron chi connectivity index (χ0n) is 15.6. The predicted octanol–water partition coefficient (Wildman–Crippen LogP) is 4.30. The smallest absolute Gasteiger partial charge is 0.220 e. The maximum Gasteiger partial charge on any atom is 0.220 e. The van der Waals surface area contributed by atoms with Gasteiger partial charge in [0.2, 0.25) is 5.91 Å². The average Bonchev–Trinajstić information content (AvgIpc) is 2.67. The summed E-state index contributed by atoms with van der Waals surface area (Å²) in [6.45, 7) is 4.24. The van der Waals surface area contributed by atoms with Crippen molar-refractivity contribution in [1.29, 1.82) is 0 Å². The predicted molar refractivity (Wildman–Crippen MR) is 103 cm³/mol. The second-order valence-electron chi connectivity index (χ2n) is 7.89. The number of carbonyl (C=O) groups is 1. The van der Waals surface area contributed by atoms with Crippen LogP contribution < -0.4 is 5.32 Å². The lowest BCUT2D eigenvalue weighted by atomic mass is 9.86. The van der Waals surface area contributed by atoms with Gasteiger partial charge in [-0.05, 0) is 49.3 Å². The largest absolute Gasteiger partial charge is 0.356 e.